The number of aryl methyl sites for hydroxylation is 1. The molecule has 0 atom stereocenters. The topological polar surface area (TPSA) is 0 Å². The van der Waals surface area contributed by atoms with Gasteiger partial charge in [0.25, 0.3) is 0 Å². The lowest BCUT2D eigenvalue weighted by Crippen LogP contribution is -2.13. The van der Waals surface area contributed by atoms with Crippen LogP contribution in [0.3, 0.4) is 0 Å². The first-order valence-corrected chi connectivity index (χ1v) is 9.28. The summed E-state index contributed by atoms with van der Waals surface area (Å²) in [5, 5.41) is 0. The number of alkyl halides is 3. The quantitative estimate of drug-likeness (QED) is 0.364. The van der Waals surface area contributed by atoms with Crippen LogP contribution in [0.2, 0.25) is 0 Å². The second kappa shape index (κ2) is 9.29. The third-order valence-electron chi connectivity index (χ3n) is 5.21. The number of hydrogen-bond acceptors (Lipinski definition) is 0. The van der Waals surface area contributed by atoms with Gasteiger partial charge in [-0.15, -0.1) is 0 Å². The Morgan fingerprint density at radius 3 is 2.25 bits per heavy atom. The maximum Gasteiger partial charge on any atom is 0.392 e. The molecule has 1 saturated carbocycles. The lowest BCUT2D eigenvalue weighted by Gasteiger charge is -2.29. The largest absolute Gasteiger partial charge is 0.392 e. The highest BCUT2D eigenvalue weighted by molar-refractivity contribution is 5.25. The van der Waals surface area contributed by atoms with Crippen molar-refractivity contribution in [3.63, 3.8) is 0 Å². The molecule has 0 saturated heterocycles. The van der Waals surface area contributed by atoms with Gasteiger partial charge in [0.05, 0.1) is 6.42 Å². The van der Waals surface area contributed by atoms with Crippen LogP contribution in [-0.2, 0) is 6.42 Å². The van der Waals surface area contributed by atoms with Crippen LogP contribution in [0.15, 0.2) is 36.4 Å². The maximum absolute atomic E-state index is 12.0. The van der Waals surface area contributed by atoms with Gasteiger partial charge in [0.2, 0.25) is 0 Å². The van der Waals surface area contributed by atoms with Gasteiger partial charge in [-0.1, -0.05) is 49.8 Å². The van der Waals surface area contributed by atoms with Crippen molar-refractivity contribution in [2.24, 2.45) is 5.92 Å². The van der Waals surface area contributed by atoms with E-state index in [4.69, 9.17) is 0 Å². The highest BCUT2D eigenvalue weighted by Gasteiger charge is 2.24. The van der Waals surface area contributed by atoms with Crippen molar-refractivity contribution in [2.45, 2.75) is 76.8 Å². The Balaban J connectivity index is 1.64. The molecule has 1 aromatic carbocycles. The standard InChI is InChI=1S/C21H29F3/c1-2-17-8-12-19(13-9-17)20-14-10-18(11-15-20)7-5-3-4-6-16-21(22,23)24/h4,6,8-9,12-13,18,20H,2-3,5,7,10-11,14-16H2,1H3/t18-,20-. The minimum atomic E-state index is -4.07. The molecule has 1 aromatic rings. The average Bonchev–Trinajstić information content (AvgIpc) is 2.58. The van der Waals surface area contributed by atoms with E-state index in [-0.39, 0.29) is 0 Å². The first-order chi connectivity index (χ1) is 11.5. The molecule has 3 heteroatoms. The highest BCUT2D eigenvalue weighted by Crippen LogP contribution is 2.37. The maximum atomic E-state index is 12.0. The number of rotatable bonds is 7. The van der Waals surface area contributed by atoms with Crippen molar-refractivity contribution >= 4 is 0 Å². The van der Waals surface area contributed by atoms with Crippen molar-refractivity contribution < 1.29 is 13.2 Å². The van der Waals surface area contributed by atoms with E-state index in [1.165, 1.54) is 42.9 Å². The van der Waals surface area contributed by atoms with Crippen LogP contribution < -0.4 is 0 Å². The molecule has 2 rings (SSSR count). The fraction of sp³-hybridized carbons (Fsp3) is 0.619. The molecule has 0 N–H and O–H groups in total. The minimum Gasteiger partial charge on any atom is -0.171 e. The number of halogens is 3. The monoisotopic (exact) mass is 338 g/mol. The fourth-order valence-corrected chi connectivity index (χ4v) is 3.67. The Hall–Kier alpha value is -1.25. The van der Waals surface area contributed by atoms with Crippen molar-refractivity contribution in [1.82, 2.24) is 0 Å². The van der Waals surface area contributed by atoms with E-state index >= 15 is 0 Å². The van der Waals surface area contributed by atoms with E-state index in [0.717, 1.165) is 31.6 Å². The Kier molecular flexibility index (Phi) is 7.39. The molecule has 0 bridgehead atoms. The summed E-state index contributed by atoms with van der Waals surface area (Å²) in [5.41, 5.74) is 2.87. The summed E-state index contributed by atoms with van der Waals surface area (Å²) in [6.45, 7) is 2.18. The van der Waals surface area contributed by atoms with Gasteiger partial charge in [0.1, 0.15) is 0 Å². The third kappa shape index (κ3) is 6.70. The molecule has 24 heavy (non-hydrogen) atoms. The van der Waals surface area contributed by atoms with Gasteiger partial charge in [-0.3, -0.25) is 0 Å². The summed E-state index contributed by atoms with van der Waals surface area (Å²) in [7, 11) is 0. The zero-order valence-electron chi connectivity index (χ0n) is 14.6. The van der Waals surface area contributed by atoms with Crippen LogP contribution in [0.4, 0.5) is 13.2 Å². The van der Waals surface area contributed by atoms with Crippen molar-refractivity contribution in [2.75, 3.05) is 0 Å². The van der Waals surface area contributed by atoms with Gasteiger partial charge in [-0.2, -0.15) is 13.2 Å². The summed E-state index contributed by atoms with van der Waals surface area (Å²) in [6.07, 6.45) is 7.12. The molecule has 1 fully saturated rings. The van der Waals surface area contributed by atoms with Crippen LogP contribution in [0.1, 0.15) is 75.3 Å². The van der Waals surface area contributed by atoms with E-state index in [2.05, 4.69) is 31.2 Å². The van der Waals surface area contributed by atoms with Gasteiger partial charge < -0.3 is 0 Å². The van der Waals surface area contributed by atoms with Crippen LogP contribution in [0, 0.1) is 5.92 Å². The van der Waals surface area contributed by atoms with Crippen LogP contribution in [0.25, 0.3) is 0 Å². The SMILES string of the molecule is CCc1ccc([C@H]2CC[C@H](CCCC=CCC(F)(F)F)CC2)cc1. The van der Waals surface area contributed by atoms with E-state index < -0.39 is 12.6 Å². The van der Waals surface area contributed by atoms with E-state index in [9.17, 15) is 13.2 Å². The van der Waals surface area contributed by atoms with E-state index in [1.54, 1.807) is 6.08 Å². The van der Waals surface area contributed by atoms with Crippen LogP contribution in [0.5, 0.6) is 0 Å². The highest BCUT2D eigenvalue weighted by atomic mass is 19.4. The van der Waals surface area contributed by atoms with Gasteiger partial charge in [0.15, 0.2) is 0 Å². The predicted molar refractivity (Wildman–Crippen MR) is 94.2 cm³/mol. The molecule has 0 heterocycles. The van der Waals surface area contributed by atoms with E-state index in [1.807, 2.05) is 0 Å². The molecule has 0 spiro atoms. The Bertz CT molecular complexity index is 491. The fourth-order valence-electron chi connectivity index (χ4n) is 3.67. The summed E-state index contributed by atoms with van der Waals surface area (Å²) < 4.78 is 36.1. The number of benzene rings is 1. The molecular weight excluding hydrogens is 309 g/mol. The smallest absolute Gasteiger partial charge is 0.171 e. The minimum absolute atomic E-state index is 0.693. The number of hydrogen-bond donors (Lipinski definition) is 0. The summed E-state index contributed by atoms with van der Waals surface area (Å²) >= 11 is 0. The van der Waals surface area contributed by atoms with Crippen molar-refractivity contribution in [3.05, 3.63) is 47.5 Å². The average molecular weight is 338 g/mol. The summed E-state index contributed by atoms with van der Waals surface area (Å²) in [4.78, 5) is 0. The normalized spacial score (nSPS) is 22.2. The molecule has 0 aromatic heterocycles. The Labute approximate surface area is 144 Å². The van der Waals surface area contributed by atoms with Gasteiger partial charge in [-0.25, -0.2) is 0 Å². The van der Waals surface area contributed by atoms with Gasteiger partial charge >= 0.3 is 6.18 Å². The third-order valence-corrected chi connectivity index (χ3v) is 5.21. The lowest BCUT2D eigenvalue weighted by molar-refractivity contribution is -0.125. The Morgan fingerprint density at radius 2 is 1.67 bits per heavy atom. The zero-order valence-corrected chi connectivity index (χ0v) is 14.6. The lowest BCUT2D eigenvalue weighted by atomic mass is 9.77. The zero-order chi connectivity index (χ0) is 17.4. The van der Waals surface area contributed by atoms with Crippen molar-refractivity contribution in [3.8, 4) is 0 Å². The number of unbranched alkanes of at least 4 members (excludes halogenated alkanes) is 1. The molecular formula is C21H29F3. The molecule has 0 aliphatic heterocycles. The molecule has 1 aliphatic rings. The molecule has 134 valence electrons. The molecule has 0 radical (unpaired) electrons. The summed E-state index contributed by atoms with van der Waals surface area (Å²) in [6, 6.07) is 9.06. The van der Waals surface area contributed by atoms with Gasteiger partial charge in [0, 0.05) is 0 Å². The van der Waals surface area contributed by atoms with Crippen LogP contribution >= 0.6 is 0 Å². The molecule has 1 aliphatic carbocycles. The first kappa shape index (κ1) is 19.1. The van der Waals surface area contributed by atoms with Crippen LogP contribution in [-0.4, -0.2) is 6.18 Å². The first-order valence-electron chi connectivity index (χ1n) is 9.28. The second-order valence-electron chi connectivity index (χ2n) is 7.03. The molecule has 0 amide bonds. The molecule has 0 nitrogen and oxygen atoms in total. The number of allylic oxidation sites excluding steroid dienone is 2. The van der Waals surface area contributed by atoms with Gasteiger partial charge in [-0.05, 0) is 67.9 Å². The summed E-state index contributed by atoms with van der Waals surface area (Å²) in [5.74, 6) is 1.45. The van der Waals surface area contributed by atoms with E-state index in [0.29, 0.717) is 5.92 Å². The Morgan fingerprint density at radius 1 is 1.00 bits per heavy atom. The second-order valence-corrected chi connectivity index (χ2v) is 7.03. The predicted octanol–water partition coefficient (Wildman–Crippen LogP) is 7.20. The van der Waals surface area contributed by atoms with Crippen molar-refractivity contribution in [1.29, 1.82) is 0 Å². The molecule has 0 unspecified atom stereocenters.